The maximum Gasteiger partial charge on any atom is 0.338 e. The molecule has 2 saturated carbocycles. The first-order chi connectivity index (χ1) is 18.1. The first-order valence-electron chi connectivity index (χ1n) is 12.9. The molecule has 2 N–H and O–H groups in total. The number of carbonyl (C=O) groups excluding carboxylic acids is 4. The predicted molar refractivity (Wildman–Crippen MR) is 133 cm³/mol. The van der Waals surface area contributed by atoms with Gasteiger partial charge in [-0.25, -0.2) is 4.79 Å². The van der Waals surface area contributed by atoms with Gasteiger partial charge in [0.1, 0.15) is 36.4 Å². The first-order valence-corrected chi connectivity index (χ1v) is 12.9. The smallest absolute Gasteiger partial charge is 0.338 e. The molecule has 11 heteroatoms. The summed E-state index contributed by atoms with van der Waals surface area (Å²) in [5, 5.41) is 24.0. The maximum absolute atomic E-state index is 13.4. The summed E-state index contributed by atoms with van der Waals surface area (Å²) in [6, 6.07) is 8.07. The van der Waals surface area contributed by atoms with E-state index in [9.17, 15) is 29.4 Å². The molecular formula is C28H36O11. The number of hydrogen-bond acceptors (Lipinski definition) is 11. The molecule has 3 fully saturated rings. The van der Waals surface area contributed by atoms with Crippen LogP contribution in [0.5, 0.6) is 0 Å². The molecule has 1 aliphatic heterocycles. The molecule has 3 aliphatic rings. The van der Waals surface area contributed by atoms with Gasteiger partial charge in [0.25, 0.3) is 0 Å². The van der Waals surface area contributed by atoms with E-state index < -0.39 is 83.0 Å². The zero-order chi connectivity index (χ0) is 29.0. The fourth-order valence-corrected chi connectivity index (χ4v) is 7.14. The van der Waals surface area contributed by atoms with Gasteiger partial charge in [0.05, 0.1) is 22.7 Å². The summed E-state index contributed by atoms with van der Waals surface area (Å²) in [4.78, 5) is 50.4. The standard InChI is InChI=1S/C28H36O11/c1-15(29)35-14-27-19(36-16(2)30)12-13-26(6,34)28(27)22(37-17(3)31)20(25(4,5)39-28)21(32)23(27)38-24(33)18-10-8-7-9-11-18/h7-11,19-23,32,34H,12-14H2,1-6H3/t19?,20-,21+,22-,23-,26+,27+,28+/m1/s1. The molecule has 1 aromatic carbocycles. The van der Waals surface area contributed by atoms with Gasteiger partial charge in [-0.3, -0.25) is 14.4 Å². The Morgan fingerprint density at radius 3 is 2.10 bits per heavy atom. The van der Waals surface area contributed by atoms with Gasteiger partial charge in [-0.1, -0.05) is 18.2 Å². The van der Waals surface area contributed by atoms with Gasteiger partial charge < -0.3 is 33.9 Å². The Morgan fingerprint density at radius 2 is 1.54 bits per heavy atom. The van der Waals surface area contributed by atoms with Crippen molar-refractivity contribution in [2.45, 2.75) is 95.6 Å². The van der Waals surface area contributed by atoms with Gasteiger partial charge in [0.15, 0.2) is 5.60 Å². The molecule has 214 valence electrons. The lowest BCUT2D eigenvalue weighted by molar-refractivity contribution is -0.348. The molecular weight excluding hydrogens is 512 g/mol. The number of aliphatic hydroxyl groups excluding tert-OH is 1. The van der Waals surface area contributed by atoms with E-state index in [1.807, 2.05) is 0 Å². The maximum atomic E-state index is 13.4. The molecule has 4 rings (SSSR count). The second-order valence-corrected chi connectivity index (χ2v) is 11.4. The highest BCUT2D eigenvalue weighted by Gasteiger charge is 2.86. The van der Waals surface area contributed by atoms with Crippen molar-refractivity contribution in [3.05, 3.63) is 35.9 Å². The van der Waals surface area contributed by atoms with Crippen LogP contribution in [0.4, 0.5) is 0 Å². The average Bonchev–Trinajstić information content (AvgIpc) is 3.03. The third-order valence-electron chi connectivity index (χ3n) is 8.46. The van der Waals surface area contributed by atoms with E-state index in [1.54, 1.807) is 32.0 Å². The highest BCUT2D eigenvalue weighted by molar-refractivity contribution is 5.89. The number of fused-ring (bicyclic) bond motifs is 1. The minimum atomic E-state index is -1.94. The van der Waals surface area contributed by atoms with Crippen molar-refractivity contribution < 1.29 is 53.1 Å². The fraction of sp³-hybridized carbons (Fsp3) is 0.643. The zero-order valence-corrected chi connectivity index (χ0v) is 23.0. The normalized spacial score (nSPS) is 38.2. The molecule has 11 nitrogen and oxygen atoms in total. The van der Waals surface area contributed by atoms with Crippen molar-refractivity contribution in [2.75, 3.05) is 6.61 Å². The predicted octanol–water partition coefficient (Wildman–Crippen LogP) is 1.71. The second kappa shape index (κ2) is 9.87. The van der Waals surface area contributed by atoms with Crippen molar-refractivity contribution in [1.29, 1.82) is 0 Å². The lowest BCUT2D eigenvalue weighted by atomic mass is 9.46. The van der Waals surface area contributed by atoms with Crippen LogP contribution in [0, 0.1) is 11.3 Å². The van der Waals surface area contributed by atoms with E-state index in [-0.39, 0.29) is 18.4 Å². The largest absolute Gasteiger partial charge is 0.465 e. The van der Waals surface area contributed by atoms with Crippen molar-refractivity contribution in [3.8, 4) is 0 Å². The van der Waals surface area contributed by atoms with Crippen molar-refractivity contribution in [2.24, 2.45) is 11.3 Å². The minimum absolute atomic E-state index is 0.0305. The Bertz CT molecular complexity index is 1150. The van der Waals surface area contributed by atoms with Crippen LogP contribution >= 0.6 is 0 Å². The average molecular weight is 549 g/mol. The van der Waals surface area contributed by atoms with E-state index in [4.69, 9.17) is 23.7 Å². The highest BCUT2D eigenvalue weighted by Crippen LogP contribution is 2.68. The summed E-state index contributed by atoms with van der Waals surface area (Å²) >= 11 is 0. The van der Waals surface area contributed by atoms with Gasteiger partial charge >= 0.3 is 23.9 Å². The van der Waals surface area contributed by atoms with Crippen LogP contribution in [-0.2, 0) is 38.1 Å². The SMILES string of the molecule is CC(=O)OC[C@@]12C(OC(C)=O)CC[C@](C)(O)[C@]13OC(C)(C)[C@H]([C@H](O)[C@H]2OC(=O)c1ccccc1)[C@H]3OC(C)=O. The molecule has 1 heterocycles. The number of esters is 4. The van der Waals surface area contributed by atoms with E-state index in [0.29, 0.717) is 0 Å². The Kier molecular flexibility index (Phi) is 7.33. The number of carbonyl (C=O) groups is 4. The van der Waals surface area contributed by atoms with Crippen molar-refractivity contribution in [3.63, 3.8) is 0 Å². The molecule has 2 bridgehead atoms. The summed E-state index contributed by atoms with van der Waals surface area (Å²) in [6.45, 7) is 7.77. The molecule has 0 aromatic heterocycles. The molecule has 1 spiro atoms. The summed E-state index contributed by atoms with van der Waals surface area (Å²) in [5.74, 6) is -3.89. The lowest BCUT2D eigenvalue weighted by Gasteiger charge is -2.65. The zero-order valence-electron chi connectivity index (χ0n) is 23.0. The first kappa shape index (κ1) is 29.0. The highest BCUT2D eigenvalue weighted by atomic mass is 16.6. The summed E-state index contributed by atoms with van der Waals surface area (Å²) in [7, 11) is 0. The minimum Gasteiger partial charge on any atom is -0.465 e. The summed E-state index contributed by atoms with van der Waals surface area (Å²) < 4.78 is 29.8. The third-order valence-corrected chi connectivity index (χ3v) is 8.46. The second-order valence-electron chi connectivity index (χ2n) is 11.4. The molecule has 0 amide bonds. The molecule has 1 saturated heterocycles. The fourth-order valence-electron chi connectivity index (χ4n) is 7.14. The van der Waals surface area contributed by atoms with E-state index in [2.05, 4.69) is 0 Å². The molecule has 2 aliphatic carbocycles. The number of ether oxygens (including phenoxy) is 5. The number of rotatable bonds is 6. The van der Waals surface area contributed by atoms with Crippen LogP contribution in [-0.4, -0.2) is 81.9 Å². The molecule has 39 heavy (non-hydrogen) atoms. The van der Waals surface area contributed by atoms with Crippen LogP contribution in [0.25, 0.3) is 0 Å². The van der Waals surface area contributed by atoms with Crippen LogP contribution in [0.1, 0.15) is 64.7 Å². The summed E-state index contributed by atoms with van der Waals surface area (Å²) in [6.07, 6.45) is -5.44. The van der Waals surface area contributed by atoms with Crippen LogP contribution in [0.3, 0.4) is 0 Å². The van der Waals surface area contributed by atoms with Crippen LogP contribution in [0.15, 0.2) is 30.3 Å². The monoisotopic (exact) mass is 548 g/mol. The van der Waals surface area contributed by atoms with Gasteiger partial charge in [0.2, 0.25) is 0 Å². The van der Waals surface area contributed by atoms with Gasteiger partial charge in [-0.05, 0) is 45.7 Å². The quantitative estimate of drug-likeness (QED) is 0.394. The van der Waals surface area contributed by atoms with Crippen molar-refractivity contribution in [1.82, 2.24) is 0 Å². The van der Waals surface area contributed by atoms with Crippen LogP contribution < -0.4 is 0 Å². The molecule has 0 radical (unpaired) electrons. The number of hydrogen-bond donors (Lipinski definition) is 2. The van der Waals surface area contributed by atoms with Crippen LogP contribution in [0.2, 0.25) is 0 Å². The van der Waals surface area contributed by atoms with Gasteiger partial charge in [-0.2, -0.15) is 0 Å². The van der Waals surface area contributed by atoms with Gasteiger partial charge in [0, 0.05) is 20.8 Å². The molecule has 8 atom stereocenters. The number of aliphatic hydroxyl groups is 2. The van der Waals surface area contributed by atoms with Gasteiger partial charge in [-0.15, -0.1) is 0 Å². The van der Waals surface area contributed by atoms with E-state index in [0.717, 1.165) is 0 Å². The lowest BCUT2D eigenvalue weighted by Crippen LogP contribution is -2.83. The van der Waals surface area contributed by atoms with E-state index in [1.165, 1.54) is 39.8 Å². The Balaban J connectivity index is 2.03. The molecule has 1 aromatic rings. The third kappa shape index (κ3) is 4.40. The number of benzene rings is 1. The topological polar surface area (TPSA) is 155 Å². The Labute approximate surface area is 226 Å². The molecule has 1 unspecified atom stereocenters. The Morgan fingerprint density at radius 1 is 0.923 bits per heavy atom. The van der Waals surface area contributed by atoms with Crippen molar-refractivity contribution >= 4 is 23.9 Å². The summed E-state index contributed by atoms with van der Waals surface area (Å²) in [5.41, 5.74) is -6.66. The Hall–Kier alpha value is -3.02. The van der Waals surface area contributed by atoms with E-state index >= 15 is 0 Å².